The largest absolute Gasteiger partial charge is 0.328 e. The van der Waals surface area contributed by atoms with Gasteiger partial charge in [0, 0.05) is 16.3 Å². The summed E-state index contributed by atoms with van der Waals surface area (Å²) in [7, 11) is 0. The number of amides is 1. The van der Waals surface area contributed by atoms with E-state index >= 15 is 0 Å². The van der Waals surface area contributed by atoms with Gasteiger partial charge in [0.15, 0.2) is 5.11 Å². The molecule has 0 bridgehead atoms. The Morgan fingerprint density at radius 2 is 2.24 bits per heavy atom. The summed E-state index contributed by atoms with van der Waals surface area (Å²) in [5.41, 5.74) is 1.65. The van der Waals surface area contributed by atoms with Crippen molar-refractivity contribution >= 4 is 40.7 Å². The Kier molecular flexibility index (Phi) is 3.31. The number of aryl methyl sites for hydroxylation is 2. The lowest BCUT2D eigenvalue weighted by atomic mass is 10.2. The summed E-state index contributed by atoms with van der Waals surface area (Å²) in [6.45, 7) is 6.63. The molecular weight excluding hydrogens is 252 g/mol. The molecule has 1 aliphatic rings. The van der Waals surface area contributed by atoms with Crippen LogP contribution in [0.15, 0.2) is 11.8 Å². The highest BCUT2D eigenvalue weighted by molar-refractivity contribution is 7.80. The number of thiocarbonyl (C=S) groups is 1. The van der Waals surface area contributed by atoms with Crippen LogP contribution in [0.5, 0.6) is 0 Å². The molecular formula is C12H14N2OS2. The fourth-order valence-electron chi connectivity index (χ4n) is 1.81. The Labute approximate surface area is 110 Å². The Morgan fingerprint density at radius 1 is 1.53 bits per heavy atom. The number of hydrogen-bond acceptors (Lipinski definition) is 3. The number of nitrogens with one attached hydrogen (secondary N) is 1. The highest BCUT2D eigenvalue weighted by Crippen LogP contribution is 2.24. The molecule has 17 heavy (non-hydrogen) atoms. The average Bonchev–Trinajstić information content (AvgIpc) is 2.69. The van der Waals surface area contributed by atoms with Gasteiger partial charge in [-0.25, -0.2) is 0 Å². The first-order valence-electron chi connectivity index (χ1n) is 5.44. The van der Waals surface area contributed by atoms with Gasteiger partial charge in [-0.15, -0.1) is 11.3 Å². The Morgan fingerprint density at radius 3 is 2.71 bits per heavy atom. The third-order valence-electron chi connectivity index (χ3n) is 2.66. The maximum absolute atomic E-state index is 12.0. The van der Waals surface area contributed by atoms with Crippen LogP contribution in [0.25, 0.3) is 6.08 Å². The molecule has 1 saturated heterocycles. The second kappa shape index (κ2) is 4.58. The van der Waals surface area contributed by atoms with E-state index in [0.29, 0.717) is 17.4 Å². The van der Waals surface area contributed by atoms with Crippen LogP contribution in [-0.4, -0.2) is 22.5 Å². The Hall–Kier alpha value is -1.20. The van der Waals surface area contributed by atoms with Crippen molar-refractivity contribution in [2.75, 3.05) is 6.54 Å². The molecule has 2 rings (SSSR count). The van der Waals surface area contributed by atoms with Crippen molar-refractivity contribution in [2.45, 2.75) is 20.8 Å². The number of rotatable bonds is 2. The molecule has 0 radical (unpaired) electrons. The summed E-state index contributed by atoms with van der Waals surface area (Å²) in [4.78, 5) is 16.0. The minimum Gasteiger partial charge on any atom is -0.328 e. The second-order valence-electron chi connectivity index (χ2n) is 3.91. The maximum Gasteiger partial charge on any atom is 0.276 e. The summed E-state index contributed by atoms with van der Waals surface area (Å²) in [5.74, 6) is -0.0410. The zero-order valence-electron chi connectivity index (χ0n) is 10.0. The molecule has 0 aromatic carbocycles. The van der Waals surface area contributed by atoms with E-state index in [1.165, 1.54) is 9.75 Å². The van der Waals surface area contributed by atoms with Crippen molar-refractivity contribution in [3.63, 3.8) is 0 Å². The molecule has 0 saturated carbocycles. The summed E-state index contributed by atoms with van der Waals surface area (Å²) in [5, 5.41) is 3.46. The van der Waals surface area contributed by atoms with Crippen LogP contribution in [0.4, 0.5) is 0 Å². The van der Waals surface area contributed by atoms with Crippen molar-refractivity contribution in [3.8, 4) is 0 Å². The summed E-state index contributed by atoms with van der Waals surface area (Å²) < 4.78 is 0. The third-order valence-corrected chi connectivity index (χ3v) is 3.96. The molecule has 0 spiro atoms. The van der Waals surface area contributed by atoms with E-state index in [1.807, 2.05) is 13.0 Å². The van der Waals surface area contributed by atoms with E-state index in [-0.39, 0.29) is 5.91 Å². The van der Waals surface area contributed by atoms with Crippen molar-refractivity contribution in [1.82, 2.24) is 10.2 Å². The molecule has 0 aliphatic carbocycles. The highest BCUT2D eigenvalue weighted by atomic mass is 32.1. The molecule has 2 heterocycles. The molecule has 5 heteroatoms. The van der Waals surface area contributed by atoms with Crippen LogP contribution in [0.2, 0.25) is 0 Å². The van der Waals surface area contributed by atoms with Gasteiger partial charge in [0.1, 0.15) is 5.70 Å². The fourth-order valence-corrected chi connectivity index (χ4v) is 3.03. The van der Waals surface area contributed by atoms with Gasteiger partial charge in [0.25, 0.3) is 5.91 Å². The van der Waals surface area contributed by atoms with E-state index in [0.717, 1.165) is 5.56 Å². The lowest BCUT2D eigenvalue weighted by Gasteiger charge is -2.08. The molecule has 0 unspecified atom stereocenters. The van der Waals surface area contributed by atoms with E-state index < -0.39 is 0 Å². The topological polar surface area (TPSA) is 32.3 Å². The SMILES string of the molecule is CCN1C(=O)/C(=C\c2cc(C)sc2C)NC1=S. The van der Waals surface area contributed by atoms with E-state index in [2.05, 4.69) is 25.2 Å². The number of nitrogens with zero attached hydrogens (tertiary/aromatic N) is 1. The van der Waals surface area contributed by atoms with E-state index in [1.54, 1.807) is 16.2 Å². The molecule has 90 valence electrons. The van der Waals surface area contributed by atoms with Crippen molar-refractivity contribution < 1.29 is 4.79 Å². The number of hydrogen-bond donors (Lipinski definition) is 1. The van der Waals surface area contributed by atoms with Gasteiger partial charge in [-0.05, 0) is 50.7 Å². The minimum atomic E-state index is -0.0410. The van der Waals surface area contributed by atoms with Gasteiger partial charge < -0.3 is 5.32 Å². The normalized spacial score (nSPS) is 18.1. The zero-order valence-corrected chi connectivity index (χ0v) is 11.7. The van der Waals surface area contributed by atoms with Crippen LogP contribution >= 0.6 is 23.6 Å². The lowest BCUT2D eigenvalue weighted by Crippen LogP contribution is -2.30. The predicted octanol–water partition coefficient (Wildman–Crippen LogP) is 2.44. The number of carbonyl (C=O) groups excluding carboxylic acids is 1. The first-order chi connectivity index (χ1) is 8.02. The lowest BCUT2D eigenvalue weighted by molar-refractivity contribution is -0.122. The number of likely N-dealkylation sites (N-methyl/N-ethyl adjacent to an activating group) is 1. The fraction of sp³-hybridized carbons (Fsp3) is 0.333. The molecule has 1 aromatic heterocycles. The van der Waals surface area contributed by atoms with Gasteiger partial charge in [0.2, 0.25) is 0 Å². The zero-order chi connectivity index (χ0) is 12.6. The van der Waals surface area contributed by atoms with Gasteiger partial charge in [-0.1, -0.05) is 0 Å². The minimum absolute atomic E-state index is 0.0410. The van der Waals surface area contributed by atoms with Crippen LogP contribution in [-0.2, 0) is 4.79 Å². The number of thiophene rings is 1. The highest BCUT2D eigenvalue weighted by Gasteiger charge is 2.29. The van der Waals surface area contributed by atoms with Gasteiger partial charge in [-0.3, -0.25) is 9.69 Å². The quantitative estimate of drug-likeness (QED) is 0.659. The van der Waals surface area contributed by atoms with E-state index in [4.69, 9.17) is 12.2 Å². The molecule has 1 aliphatic heterocycles. The molecule has 3 nitrogen and oxygen atoms in total. The first-order valence-corrected chi connectivity index (χ1v) is 6.67. The summed E-state index contributed by atoms with van der Waals surface area (Å²) in [6.07, 6.45) is 1.88. The van der Waals surface area contributed by atoms with Crippen molar-refractivity contribution in [1.29, 1.82) is 0 Å². The predicted molar refractivity (Wildman–Crippen MR) is 74.9 cm³/mol. The number of carbonyl (C=O) groups is 1. The van der Waals surface area contributed by atoms with Crippen LogP contribution in [0.1, 0.15) is 22.2 Å². The molecule has 1 N–H and O–H groups in total. The average molecular weight is 266 g/mol. The molecule has 1 amide bonds. The Balaban J connectivity index is 2.33. The van der Waals surface area contributed by atoms with Crippen molar-refractivity contribution in [3.05, 3.63) is 27.1 Å². The van der Waals surface area contributed by atoms with Gasteiger partial charge in [-0.2, -0.15) is 0 Å². The molecule has 1 aromatic rings. The third kappa shape index (κ3) is 2.25. The molecule has 0 atom stereocenters. The molecule has 1 fully saturated rings. The first kappa shape index (κ1) is 12.3. The smallest absolute Gasteiger partial charge is 0.276 e. The van der Waals surface area contributed by atoms with Crippen LogP contribution in [0.3, 0.4) is 0 Å². The second-order valence-corrected chi connectivity index (χ2v) is 5.75. The summed E-state index contributed by atoms with van der Waals surface area (Å²) >= 11 is 6.83. The monoisotopic (exact) mass is 266 g/mol. The van der Waals surface area contributed by atoms with Gasteiger partial charge in [0.05, 0.1) is 0 Å². The Bertz CT molecular complexity index is 517. The van der Waals surface area contributed by atoms with Crippen LogP contribution in [0, 0.1) is 13.8 Å². The van der Waals surface area contributed by atoms with Crippen molar-refractivity contribution in [2.24, 2.45) is 0 Å². The standard InChI is InChI=1S/C12H14N2OS2/c1-4-14-11(15)10(13-12(14)16)6-9-5-7(2)17-8(9)3/h5-6H,4H2,1-3H3,(H,13,16)/b10-6+. The van der Waals surface area contributed by atoms with Gasteiger partial charge >= 0.3 is 0 Å². The maximum atomic E-state index is 12.0. The van der Waals surface area contributed by atoms with E-state index in [9.17, 15) is 4.79 Å². The summed E-state index contributed by atoms with van der Waals surface area (Å²) in [6, 6.07) is 2.08. The van der Waals surface area contributed by atoms with Crippen LogP contribution < -0.4 is 5.32 Å².